The maximum absolute atomic E-state index is 4.60. The smallest absolute Gasteiger partial charge is 0.191 e. The van der Waals surface area contributed by atoms with Crippen LogP contribution >= 0.6 is 39.9 Å². The number of hydrogen-bond acceptors (Lipinski definition) is 2. The van der Waals surface area contributed by atoms with Gasteiger partial charge in [-0.25, -0.2) is 4.98 Å². The van der Waals surface area contributed by atoms with Crippen molar-refractivity contribution in [1.82, 2.24) is 20.0 Å². The highest BCUT2D eigenvalue weighted by Crippen LogP contribution is 2.19. The van der Waals surface area contributed by atoms with E-state index in [4.69, 9.17) is 0 Å². The first kappa shape index (κ1) is 20.2. The summed E-state index contributed by atoms with van der Waals surface area (Å²) in [7, 11) is 1.80. The molecule has 0 amide bonds. The Hall–Kier alpha value is -1.09. The van der Waals surface area contributed by atoms with E-state index in [-0.39, 0.29) is 24.0 Å². The third-order valence-corrected chi connectivity index (χ3v) is 4.72. The van der Waals surface area contributed by atoms with Crippen molar-refractivity contribution in [2.45, 2.75) is 38.6 Å². The molecule has 5 nitrogen and oxygen atoms in total. The Morgan fingerprint density at radius 2 is 2.16 bits per heavy atom. The van der Waals surface area contributed by atoms with Crippen LogP contribution in [0.1, 0.15) is 37.8 Å². The Morgan fingerprint density at radius 1 is 1.28 bits per heavy atom. The van der Waals surface area contributed by atoms with E-state index in [1.165, 1.54) is 25.7 Å². The molecule has 2 aromatic rings. The van der Waals surface area contributed by atoms with E-state index in [1.807, 2.05) is 28.9 Å². The second-order valence-electron chi connectivity index (χ2n) is 6.06. The fourth-order valence-corrected chi connectivity index (χ4v) is 3.32. The molecule has 1 aliphatic rings. The molecule has 0 radical (unpaired) electrons. The van der Waals surface area contributed by atoms with Gasteiger partial charge in [0.25, 0.3) is 0 Å². The van der Waals surface area contributed by atoms with Gasteiger partial charge in [-0.2, -0.15) is 0 Å². The molecule has 0 unspecified atom stereocenters. The number of rotatable bonds is 5. The quantitative estimate of drug-likeness (QED) is 0.269. The summed E-state index contributed by atoms with van der Waals surface area (Å²) in [5, 5.41) is 6.72. The number of allylic oxidation sites excluding steroid dienone is 1. The van der Waals surface area contributed by atoms with Gasteiger partial charge in [0.2, 0.25) is 0 Å². The van der Waals surface area contributed by atoms with Crippen LogP contribution in [0, 0.1) is 0 Å². The van der Waals surface area contributed by atoms with Crippen LogP contribution in [0.5, 0.6) is 0 Å². The Labute approximate surface area is 174 Å². The highest BCUT2D eigenvalue weighted by molar-refractivity contribution is 14.0. The van der Waals surface area contributed by atoms with Gasteiger partial charge in [-0.3, -0.25) is 4.99 Å². The molecule has 0 aliphatic heterocycles. The number of aromatic nitrogens is 2. The lowest BCUT2D eigenvalue weighted by Gasteiger charge is -2.14. The second-order valence-corrected chi connectivity index (χ2v) is 6.97. The molecule has 0 atom stereocenters. The van der Waals surface area contributed by atoms with E-state index in [0.29, 0.717) is 6.54 Å². The Bertz CT molecular complexity index is 753. The van der Waals surface area contributed by atoms with Crippen molar-refractivity contribution in [1.29, 1.82) is 0 Å². The zero-order valence-corrected chi connectivity index (χ0v) is 18.4. The van der Waals surface area contributed by atoms with E-state index < -0.39 is 0 Å². The van der Waals surface area contributed by atoms with Crippen LogP contribution in [0.25, 0.3) is 5.65 Å². The minimum absolute atomic E-state index is 0. The molecule has 7 heteroatoms. The number of nitrogens with zero attached hydrogens (tertiary/aromatic N) is 3. The van der Waals surface area contributed by atoms with E-state index in [9.17, 15) is 0 Å². The minimum Gasteiger partial charge on any atom is -0.356 e. The van der Waals surface area contributed by atoms with Crippen LogP contribution in [-0.4, -0.2) is 28.9 Å². The summed E-state index contributed by atoms with van der Waals surface area (Å²) in [6, 6.07) is 4.00. The molecule has 0 fully saturated rings. The second kappa shape index (κ2) is 10.2. The van der Waals surface area contributed by atoms with Crippen molar-refractivity contribution in [2.24, 2.45) is 4.99 Å². The largest absolute Gasteiger partial charge is 0.356 e. The van der Waals surface area contributed by atoms with Crippen molar-refractivity contribution in [3.05, 3.63) is 46.3 Å². The van der Waals surface area contributed by atoms with Gasteiger partial charge in [0.05, 0.1) is 12.2 Å². The molecule has 0 saturated carbocycles. The van der Waals surface area contributed by atoms with Gasteiger partial charge >= 0.3 is 0 Å². The summed E-state index contributed by atoms with van der Waals surface area (Å²) in [5.41, 5.74) is 3.52. The Kier molecular flexibility index (Phi) is 8.21. The van der Waals surface area contributed by atoms with Crippen molar-refractivity contribution in [3.63, 3.8) is 0 Å². The van der Waals surface area contributed by atoms with Crippen LogP contribution in [0.2, 0.25) is 0 Å². The lowest BCUT2D eigenvalue weighted by molar-refractivity contribution is 0.665. The Morgan fingerprint density at radius 3 is 2.92 bits per heavy atom. The molecular formula is C18H25BrIN5. The van der Waals surface area contributed by atoms with Gasteiger partial charge < -0.3 is 15.0 Å². The SMILES string of the molecule is CN=C(NCCC1=CCCCC1)NCc1cn2cc(Br)ccc2n1.I. The van der Waals surface area contributed by atoms with Gasteiger partial charge in [-0.15, -0.1) is 24.0 Å². The Balaban J connectivity index is 0.00000225. The van der Waals surface area contributed by atoms with E-state index in [1.54, 1.807) is 12.6 Å². The molecule has 25 heavy (non-hydrogen) atoms. The van der Waals surface area contributed by atoms with Gasteiger partial charge in [0.1, 0.15) is 5.65 Å². The summed E-state index contributed by atoms with van der Waals surface area (Å²) in [6.07, 6.45) is 12.7. The normalized spacial score (nSPS) is 14.8. The molecule has 3 rings (SSSR count). The van der Waals surface area contributed by atoms with Gasteiger partial charge in [0, 0.05) is 30.5 Å². The molecule has 0 aromatic carbocycles. The molecule has 0 spiro atoms. The van der Waals surface area contributed by atoms with Crippen LogP contribution in [-0.2, 0) is 6.54 Å². The van der Waals surface area contributed by atoms with Gasteiger partial charge in [0.15, 0.2) is 5.96 Å². The number of pyridine rings is 1. The molecule has 1 aliphatic carbocycles. The molecule has 2 N–H and O–H groups in total. The zero-order chi connectivity index (χ0) is 16.8. The fourth-order valence-electron chi connectivity index (χ4n) is 2.97. The average molecular weight is 518 g/mol. The fraction of sp³-hybridized carbons (Fsp3) is 0.444. The van der Waals surface area contributed by atoms with Crippen LogP contribution in [0.4, 0.5) is 0 Å². The van der Waals surface area contributed by atoms with Gasteiger partial charge in [-0.1, -0.05) is 11.6 Å². The monoisotopic (exact) mass is 517 g/mol. The maximum atomic E-state index is 4.60. The maximum Gasteiger partial charge on any atom is 0.191 e. The first-order chi connectivity index (χ1) is 11.7. The van der Waals surface area contributed by atoms with Crippen molar-refractivity contribution in [3.8, 4) is 0 Å². The highest BCUT2D eigenvalue weighted by Gasteiger charge is 2.05. The van der Waals surface area contributed by atoms with E-state index in [0.717, 1.165) is 34.7 Å². The number of guanidine groups is 1. The summed E-state index contributed by atoms with van der Waals surface area (Å²) in [6.45, 7) is 1.57. The standard InChI is InChI=1S/C18H24BrN5.HI/c1-20-18(21-10-9-14-5-3-2-4-6-14)22-11-16-13-24-12-15(19)7-8-17(24)23-16;/h5,7-8,12-13H,2-4,6,9-11H2,1H3,(H2,20,21,22);1H. The zero-order valence-electron chi connectivity index (χ0n) is 14.5. The molecule has 136 valence electrons. The predicted molar refractivity (Wildman–Crippen MR) is 118 cm³/mol. The third-order valence-electron chi connectivity index (χ3n) is 4.25. The number of aliphatic imine (C=N–C) groups is 1. The summed E-state index contributed by atoms with van der Waals surface area (Å²) < 4.78 is 3.06. The van der Waals surface area contributed by atoms with Crippen molar-refractivity contribution < 1.29 is 0 Å². The summed E-state index contributed by atoms with van der Waals surface area (Å²) in [4.78, 5) is 8.89. The molecule has 2 aromatic heterocycles. The van der Waals surface area contributed by atoms with Crippen molar-refractivity contribution in [2.75, 3.05) is 13.6 Å². The predicted octanol–water partition coefficient (Wildman–Crippen LogP) is 4.27. The van der Waals surface area contributed by atoms with E-state index >= 15 is 0 Å². The first-order valence-electron chi connectivity index (χ1n) is 8.50. The molecule has 0 saturated heterocycles. The molecule has 2 heterocycles. The summed E-state index contributed by atoms with van der Waals surface area (Å²) in [5.74, 6) is 0.824. The molecule has 0 bridgehead atoms. The van der Waals surface area contributed by atoms with Crippen molar-refractivity contribution >= 4 is 51.5 Å². The number of imidazole rings is 1. The molecular weight excluding hydrogens is 493 g/mol. The van der Waals surface area contributed by atoms with Gasteiger partial charge in [-0.05, 0) is 60.2 Å². The average Bonchev–Trinajstić information content (AvgIpc) is 3.00. The number of nitrogens with one attached hydrogen (secondary N) is 2. The summed E-state index contributed by atoms with van der Waals surface area (Å²) >= 11 is 3.48. The first-order valence-corrected chi connectivity index (χ1v) is 9.29. The third kappa shape index (κ3) is 5.99. The lowest BCUT2D eigenvalue weighted by atomic mass is 9.97. The lowest BCUT2D eigenvalue weighted by Crippen LogP contribution is -2.37. The number of fused-ring (bicyclic) bond motifs is 1. The topological polar surface area (TPSA) is 53.7 Å². The number of hydrogen-bond donors (Lipinski definition) is 2. The minimum atomic E-state index is 0. The van der Waals surface area contributed by atoms with E-state index in [2.05, 4.69) is 42.6 Å². The van der Waals surface area contributed by atoms with Crippen LogP contribution in [0.15, 0.2) is 45.6 Å². The van der Waals surface area contributed by atoms with Crippen LogP contribution in [0.3, 0.4) is 0 Å². The van der Waals surface area contributed by atoms with Crippen LogP contribution < -0.4 is 10.6 Å². The highest BCUT2D eigenvalue weighted by atomic mass is 127. The number of halogens is 2.